The molecule has 0 aromatic heterocycles. The third-order valence-corrected chi connectivity index (χ3v) is 4.59. The number of nitrogens with one attached hydrogen (secondary N) is 1. The Hall–Kier alpha value is -1.46. The van der Waals surface area contributed by atoms with Crippen LogP contribution in [0.4, 0.5) is 17.1 Å². The highest BCUT2D eigenvalue weighted by molar-refractivity contribution is 9.10. The number of halogens is 1. The van der Waals surface area contributed by atoms with Crippen molar-refractivity contribution in [3.63, 3.8) is 0 Å². The number of nitrogens with two attached hydrogens (primary N) is 2. The Morgan fingerprint density at radius 3 is 2.42 bits per heavy atom. The van der Waals surface area contributed by atoms with Crippen LogP contribution in [0.15, 0.2) is 40.9 Å². The molecule has 146 valence electrons. The summed E-state index contributed by atoms with van der Waals surface area (Å²) in [4.78, 5) is 0. The highest BCUT2D eigenvalue weighted by atomic mass is 79.9. The summed E-state index contributed by atoms with van der Waals surface area (Å²) in [6.07, 6.45) is 10.9. The van der Waals surface area contributed by atoms with Gasteiger partial charge in [0.05, 0.1) is 21.5 Å². The molecule has 0 radical (unpaired) electrons. The molecule has 0 amide bonds. The molecule has 5 N–H and O–H groups in total. The zero-order chi connectivity index (χ0) is 19.7. The zero-order valence-corrected chi connectivity index (χ0v) is 18.4. The Morgan fingerprint density at radius 1 is 1.23 bits per heavy atom. The van der Waals surface area contributed by atoms with Crippen LogP contribution in [0.1, 0.15) is 47.5 Å². The van der Waals surface area contributed by atoms with E-state index in [9.17, 15) is 0 Å². The third-order valence-electron chi connectivity index (χ3n) is 3.73. The van der Waals surface area contributed by atoms with Crippen LogP contribution in [0.2, 0.25) is 0 Å². The topological polar surface area (TPSA) is 67.3 Å². The molecule has 1 unspecified atom stereocenters. The van der Waals surface area contributed by atoms with Gasteiger partial charge in [0, 0.05) is 13.1 Å². The fourth-order valence-corrected chi connectivity index (χ4v) is 3.07. The van der Waals surface area contributed by atoms with Gasteiger partial charge in [-0.3, -0.25) is 0 Å². The lowest BCUT2D eigenvalue weighted by molar-refractivity contribution is 0.412. The molecular weight excluding hydrogens is 388 g/mol. The summed E-state index contributed by atoms with van der Waals surface area (Å²) < 4.78 is 0.870. The molecule has 1 atom stereocenters. The Bertz CT molecular complexity index is 617. The molecule has 0 saturated carbocycles. The Kier molecular flexibility index (Phi) is 9.23. The molecule has 0 bridgehead atoms. The van der Waals surface area contributed by atoms with Crippen LogP contribution >= 0.6 is 15.9 Å². The predicted molar refractivity (Wildman–Crippen MR) is 120 cm³/mol. The molecule has 0 spiro atoms. The quantitative estimate of drug-likeness (QED) is 0.322. The summed E-state index contributed by atoms with van der Waals surface area (Å²) in [5, 5.41) is 5.19. The molecule has 5 heteroatoms. The maximum Gasteiger partial charge on any atom is 0.0759 e. The van der Waals surface area contributed by atoms with Crippen molar-refractivity contribution < 1.29 is 0 Å². The van der Waals surface area contributed by atoms with E-state index in [4.69, 9.17) is 11.6 Å². The van der Waals surface area contributed by atoms with E-state index in [1.807, 2.05) is 12.1 Å². The maximum absolute atomic E-state index is 6.28. The molecule has 1 aliphatic carbocycles. The van der Waals surface area contributed by atoms with Crippen LogP contribution < -0.4 is 21.9 Å². The number of nitrogen functional groups attached to an aromatic ring is 1. The number of anilines is 3. The Labute approximate surface area is 167 Å². The first kappa shape index (κ1) is 22.6. The average Bonchev–Trinajstić information content (AvgIpc) is 2.56. The molecule has 1 aromatic rings. The van der Waals surface area contributed by atoms with Crippen molar-refractivity contribution in [3.05, 3.63) is 40.9 Å². The van der Waals surface area contributed by atoms with Crippen molar-refractivity contribution in [2.75, 3.05) is 29.1 Å². The fourth-order valence-electron chi connectivity index (χ4n) is 2.59. The second-order valence-corrected chi connectivity index (χ2v) is 8.74. The van der Waals surface area contributed by atoms with Crippen LogP contribution in [-0.2, 0) is 0 Å². The maximum atomic E-state index is 6.28. The molecule has 0 saturated heterocycles. The van der Waals surface area contributed by atoms with E-state index in [1.165, 1.54) is 6.42 Å². The number of hydrogen-bond donors (Lipinski definition) is 3. The molecular formula is C21H35BrN4. The minimum absolute atomic E-state index is 0.103. The molecule has 2 rings (SSSR count). The monoisotopic (exact) mass is 422 g/mol. The summed E-state index contributed by atoms with van der Waals surface area (Å²) in [7, 11) is 0. The standard InChI is InChI=1S/C18H27BrN4.C3H8/c1-18(2,3)12-23(21)15-10-9-14(16(19)17(15)20)22-11-13-7-5-4-6-8-13;1-3-2/h4-7,9-10,13,22H,8,11-12,20-21H2,1-3H3;3H2,1-2H3. The van der Waals surface area contributed by atoms with Crippen molar-refractivity contribution in [2.45, 2.75) is 47.5 Å². The van der Waals surface area contributed by atoms with Crippen molar-refractivity contribution in [1.82, 2.24) is 0 Å². The predicted octanol–water partition coefficient (Wildman–Crippen LogP) is 5.72. The van der Waals surface area contributed by atoms with E-state index in [1.54, 1.807) is 5.01 Å². The summed E-state index contributed by atoms with van der Waals surface area (Å²) in [5.74, 6) is 6.70. The SMILES string of the molecule is CC(C)(C)CN(N)c1ccc(NCC2C=CC=CC2)c(Br)c1N.CCC. The molecule has 0 aliphatic heterocycles. The number of allylic oxidation sites excluding steroid dienone is 3. The first-order valence-electron chi connectivity index (χ1n) is 9.37. The summed E-state index contributed by atoms with van der Waals surface area (Å²) >= 11 is 3.60. The number of hydrogen-bond acceptors (Lipinski definition) is 4. The van der Waals surface area contributed by atoms with Gasteiger partial charge in [-0.25, -0.2) is 5.84 Å². The lowest BCUT2D eigenvalue weighted by Crippen LogP contribution is -2.38. The van der Waals surface area contributed by atoms with Gasteiger partial charge in [-0.05, 0) is 45.8 Å². The molecule has 0 fully saturated rings. The molecule has 1 aromatic carbocycles. The number of benzene rings is 1. The van der Waals surface area contributed by atoms with Gasteiger partial charge in [-0.2, -0.15) is 0 Å². The van der Waals surface area contributed by atoms with Crippen molar-refractivity contribution >= 4 is 33.0 Å². The Morgan fingerprint density at radius 2 is 1.88 bits per heavy atom. The van der Waals surface area contributed by atoms with E-state index in [0.717, 1.165) is 35.4 Å². The van der Waals surface area contributed by atoms with Gasteiger partial charge in [-0.1, -0.05) is 65.3 Å². The van der Waals surface area contributed by atoms with Crippen LogP contribution in [0, 0.1) is 11.3 Å². The van der Waals surface area contributed by atoms with E-state index in [0.29, 0.717) is 11.6 Å². The number of rotatable bonds is 5. The second-order valence-electron chi connectivity index (χ2n) is 7.95. The molecule has 0 heterocycles. The highest BCUT2D eigenvalue weighted by Gasteiger charge is 2.18. The lowest BCUT2D eigenvalue weighted by Gasteiger charge is -2.29. The largest absolute Gasteiger partial charge is 0.396 e. The minimum atomic E-state index is 0.103. The van der Waals surface area contributed by atoms with Gasteiger partial charge in [0.1, 0.15) is 0 Å². The van der Waals surface area contributed by atoms with Gasteiger partial charge in [0.15, 0.2) is 0 Å². The summed E-state index contributed by atoms with van der Waals surface area (Å²) in [5.41, 5.74) is 8.89. The normalized spacial score (nSPS) is 16.0. The smallest absolute Gasteiger partial charge is 0.0759 e. The summed E-state index contributed by atoms with van der Waals surface area (Å²) in [6.45, 7) is 12.3. The number of hydrazine groups is 1. The van der Waals surface area contributed by atoms with Gasteiger partial charge < -0.3 is 16.1 Å². The van der Waals surface area contributed by atoms with E-state index < -0.39 is 0 Å². The van der Waals surface area contributed by atoms with E-state index >= 15 is 0 Å². The van der Waals surface area contributed by atoms with E-state index in [2.05, 4.69) is 80.2 Å². The molecule has 1 aliphatic rings. The summed E-state index contributed by atoms with van der Waals surface area (Å²) in [6, 6.07) is 4.01. The minimum Gasteiger partial charge on any atom is -0.396 e. The lowest BCUT2D eigenvalue weighted by atomic mass is 9.96. The van der Waals surface area contributed by atoms with Crippen LogP contribution in [0.3, 0.4) is 0 Å². The van der Waals surface area contributed by atoms with Gasteiger partial charge >= 0.3 is 0 Å². The Balaban J connectivity index is 0.00000105. The van der Waals surface area contributed by atoms with Crippen LogP contribution in [0.25, 0.3) is 0 Å². The van der Waals surface area contributed by atoms with Crippen LogP contribution in [-0.4, -0.2) is 13.1 Å². The van der Waals surface area contributed by atoms with Crippen LogP contribution in [0.5, 0.6) is 0 Å². The zero-order valence-electron chi connectivity index (χ0n) is 16.8. The van der Waals surface area contributed by atoms with Crippen molar-refractivity contribution in [1.29, 1.82) is 0 Å². The van der Waals surface area contributed by atoms with Gasteiger partial charge in [-0.15, -0.1) is 0 Å². The fraction of sp³-hybridized carbons (Fsp3) is 0.524. The molecule has 4 nitrogen and oxygen atoms in total. The second kappa shape index (κ2) is 10.6. The van der Waals surface area contributed by atoms with Crippen molar-refractivity contribution in [2.24, 2.45) is 17.2 Å². The first-order chi connectivity index (χ1) is 12.2. The molecule has 26 heavy (non-hydrogen) atoms. The number of nitrogens with zero attached hydrogens (tertiary/aromatic N) is 1. The average molecular weight is 423 g/mol. The van der Waals surface area contributed by atoms with Gasteiger partial charge in [0.25, 0.3) is 0 Å². The third kappa shape index (κ3) is 7.42. The van der Waals surface area contributed by atoms with E-state index in [-0.39, 0.29) is 5.41 Å². The van der Waals surface area contributed by atoms with Crippen molar-refractivity contribution in [3.8, 4) is 0 Å². The van der Waals surface area contributed by atoms with Gasteiger partial charge in [0.2, 0.25) is 0 Å². The first-order valence-corrected chi connectivity index (χ1v) is 10.2. The highest BCUT2D eigenvalue weighted by Crippen LogP contribution is 2.36.